The van der Waals surface area contributed by atoms with Crippen LogP contribution in [-0.4, -0.2) is 17.9 Å². The fourth-order valence-electron chi connectivity index (χ4n) is 4.08. The number of hydrogen-bond acceptors (Lipinski definition) is 2. The number of hydrogen-bond donors (Lipinski definition) is 0. The Bertz CT molecular complexity index is 1230. The topological polar surface area (TPSA) is 29.5 Å². The number of carbonyl (C=O) groups excluding carboxylic acids is 1. The summed E-state index contributed by atoms with van der Waals surface area (Å²) in [5.41, 5.74) is 4.18. The first-order valence-electron chi connectivity index (χ1n) is 11.3. The molecule has 0 saturated heterocycles. The number of rotatable bonds is 6. The third kappa shape index (κ3) is 5.25. The first-order chi connectivity index (χ1) is 15.8. The highest BCUT2D eigenvalue weighted by Crippen LogP contribution is 2.25. The maximum atomic E-state index is 13.7. The van der Waals surface area contributed by atoms with Crippen LogP contribution in [0.3, 0.4) is 0 Å². The maximum absolute atomic E-state index is 13.7. The zero-order valence-corrected chi connectivity index (χ0v) is 19.8. The molecule has 1 amide bonds. The molecule has 4 rings (SSSR count). The van der Waals surface area contributed by atoms with Crippen molar-refractivity contribution >= 4 is 16.7 Å². The summed E-state index contributed by atoms with van der Waals surface area (Å²) in [5.74, 6) is 0.836. The van der Waals surface area contributed by atoms with Gasteiger partial charge in [0.05, 0.1) is 7.11 Å². The minimum Gasteiger partial charge on any atom is -0.497 e. The van der Waals surface area contributed by atoms with Crippen LogP contribution in [0.5, 0.6) is 5.75 Å². The Morgan fingerprint density at radius 2 is 1.45 bits per heavy atom. The third-order valence-electron chi connectivity index (χ3n) is 6.06. The average molecular weight is 438 g/mol. The number of benzene rings is 4. The second kappa shape index (κ2) is 9.50. The molecule has 0 N–H and O–H groups in total. The van der Waals surface area contributed by atoms with Crippen LogP contribution >= 0.6 is 0 Å². The van der Waals surface area contributed by atoms with Crippen molar-refractivity contribution in [1.82, 2.24) is 4.90 Å². The molecule has 4 aromatic rings. The maximum Gasteiger partial charge on any atom is 0.254 e. The van der Waals surface area contributed by atoms with E-state index in [0.29, 0.717) is 18.7 Å². The van der Waals surface area contributed by atoms with Gasteiger partial charge in [0, 0.05) is 18.7 Å². The minimum atomic E-state index is 0.0270. The zero-order chi connectivity index (χ0) is 23.4. The molecule has 0 unspecified atom stereocenters. The van der Waals surface area contributed by atoms with Gasteiger partial charge in [-0.15, -0.1) is 0 Å². The van der Waals surface area contributed by atoms with Crippen molar-refractivity contribution in [3.8, 4) is 5.75 Å². The molecule has 4 aromatic carbocycles. The van der Waals surface area contributed by atoms with E-state index in [1.54, 1.807) is 7.11 Å². The summed E-state index contributed by atoms with van der Waals surface area (Å²) in [6, 6.07) is 30.6. The van der Waals surface area contributed by atoms with E-state index < -0.39 is 0 Å². The predicted molar refractivity (Wildman–Crippen MR) is 136 cm³/mol. The van der Waals surface area contributed by atoms with Crippen LogP contribution in [0.2, 0.25) is 0 Å². The monoisotopic (exact) mass is 437 g/mol. The standard InChI is InChI=1S/C30H31NO2/c1-30(2,3)26-16-14-24(15-17-26)29(32)31(20-22-12-18-27(33-4)19-13-22)21-25-10-7-9-23-8-5-6-11-28(23)25/h5-19H,20-21H2,1-4H3. The summed E-state index contributed by atoms with van der Waals surface area (Å²) in [4.78, 5) is 15.6. The number of methoxy groups -OCH3 is 1. The van der Waals surface area contributed by atoms with E-state index in [4.69, 9.17) is 4.74 Å². The second-order valence-corrected chi connectivity index (χ2v) is 9.47. The van der Waals surface area contributed by atoms with Crippen LogP contribution in [0.1, 0.15) is 47.8 Å². The molecule has 0 fully saturated rings. The van der Waals surface area contributed by atoms with Crippen molar-refractivity contribution in [3.63, 3.8) is 0 Å². The van der Waals surface area contributed by atoms with E-state index in [-0.39, 0.29) is 11.3 Å². The molecule has 0 heterocycles. The van der Waals surface area contributed by atoms with Crippen LogP contribution in [0.25, 0.3) is 10.8 Å². The Morgan fingerprint density at radius 3 is 2.12 bits per heavy atom. The van der Waals surface area contributed by atoms with Crippen molar-refractivity contribution in [1.29, 1.82) is 0 Å². The van der Waals surface area contributed by atoms with Gasteiger partial charge in [-0.3, -0.25) is 4.79 Å². The fourth-order valence-corrected chi connectivity index (χ4v) is 4.08. The smallest absolute Gasteiger partial charge is 0.254 e. The largest absolute Gasteiger partial charge is 0.497 e. The van der Waals surface area contributed by atoms with Gasteiger partial charge in [-0.25, -0.2) is 0 Å². The summed E-state index contributed by atoms with van der Waals surface area (Å²) in [6.45, 7) is 7.60. The zero-order valence-electron chi connectivity index (χ0n) is 19.8. The quantitative estimate of drug-likeness (QED) is 0.325. The van der Waals surface area contributed by atoms with E-state index in [1.165, 1.54) is 16.3 Å². The highest BCUT2D eigenvalue weighted by atomic mass is 16.5. The van der Waals surface area contributed by atoms with Gasteiger partial charge in [-0.05, 0) is 57.1 Å². The molecule has 33 heavy (non-hydrogen) atoms. The molecule has 0 saturated carbocycles. The molecular formula is C30H31NO2. The summed E-state index contributed by atoms with van der Waals surface area (Å²) < 4.78 is 5.29. The van der Waals surface area contributed by atoms with Gasteiger partial charge in [0.2, 0.25) is 0 Å². The lowest BCUT2D eigenvalue weighted by atomic mass is 9.86. The molecule has 0 bridgehead atoms. The third-order valence-corrected chi connectivity index (χ3v) is 6.06. The van der Waals surface area contributed by atoms with Gasteiger partial charge in [0.25, 0.3) is 5.91 Å². The summed E-state index contributed by atoms with van der Waals surface area (Å²) >= 11 is 0. The molecule has 0 aliphatic heterocycles. The highest BCUT2D eigenvalue weighted by Gasteiger charge is 2.20. The van der Waals surface area contributed by atoms with E-state index in [0.717, 1.165) is 16.9 Å². The van der Waals surface area contributed by atoms with Gasteiger partial charge in [0.15, 0.2) is 0 Å². The van der Waals surface area contributed by atoms with Gasteiger partial charge in [-0.1, -0.05) is 87.5 Å². The molecule has 168 valence electrons. The lowest BCUT2D eigenvalue weighted by molar-refractivity contribution is 0.0730. The first kappa shape index (κ1) is 22.6. The van der Waals surface area contributed by atoms with Crippen molar-refractivity contribution in [2.24, 2.45) is 0 Å². The van der Waals surface area contributed by atoms with Gasteiger partial charge < -0.3 is 9.64 Å². The molecule has 3 nitrogen and oxygen atoms in total. The van der Waals surface area contributed by atoms with Gasteiger partial charge in [0.1, 0.15) is 5.75 Å². The SMILES string of the molecule is COc1ccc(CN(Cc2cccc3ccccc23)C(=O)c2ccc(C(C)(C)C)cc2)cc1. The average Bonchev–Trinajstić information content (AvgIpc) is 2.83. The van der Waals surface area contributed by atoms with E-state index in [1.807, 2.05) is 53.4 Å². The molecule has 0 atom stereocenters. The normalized spacial score (nSPS) is 11.4. The van der Waals surface area contributed by atoms with Crippen LogP contribution in [0, 0.1) is 0 Å². The number of carbonyl (C=O) groups is 1. The Morgan fingerprint density at radius 1 is 0.788 bits per heavy atom. The van der Waals surface area contributed by atoms with Crippen molar-refractivity contribution in [2.75, 3.05) is 7.11 Å². The number of ether oxygens (including phenoxy) is 1. The molecule has 0 aliphatic rings. The van der Waals surface area contributed by atoms with E-state index in [9.17, 15) is 4.79 Å². The van der Waals surface area contributed by atoms with Crippen molar-refractivity contribution in [3.05, 3.63) is 113 Å². The number of fused-ring (bicyclic) bond motifs is 1. The Kier molecular flexibility index (Phi) is 6.50. The second-order valence-electron chi connectivity index (χ2n) is 9.47. The number of nitrogens with zero attached hydrogens (tertiary/aromatic N) is 1. The highest BCUT2D eigenvalue weighted by molar-refractivity contribution is 5.94. The summed E-state index contributed by atoms with van der Waals surface area (Å²) in [6.07, 6.45) is 0. The number of amides is 1. The summed E-state index contributed by atoms with van der Waals surface area (Å²) in [7, 11) is 1.66. The predicted octanol–water partition coefficient (Wildman–Crippen LogP) is 6.99. The first-order valence-corrected chi connectivity index (χ1v) is 11.3. The molecule has 0 spiro atoms. The van der Waals surface area contributed by atoms with Crippen LogP contribution in [-0.2, 0) is 18.5 Å². The molecular weight excluding hydrogens is 406 g/mol. The lowest BCUT2D eigenvalue weighted by Crippen LogP contribution is -2.30. The lowest BCUT2D eigenvalue weighted by Gasteiger charge is -2.25. The summed E-state index contributed by atoms with van der Waals surface area (Å²) in [5, 5.41) is 2.36. The van der Waals surface area contributed by atoms with Crippen LogP contribution in [0.15, 0.2) is 91.0 Å². The Balaban J connectivity index is 1.67. The van der Waals surface area contributed by atoms with Crippen molar-refractivity contribution in [2.45, 2.75) is 39.3 Å². The fraction of sp³-hybridized carbons (Fsp3) is 0.233. The van der Waals surface area contributed by atoms with E-state index in [2.05, 4.69) is 63.2 Å². The molecule has 0 radical (unpaired) electrons. The minimum absolute atomic E-state index is 0.0270. The Hall–Kier alpha value is -3.59. The molecule has 3 heteroatoms. The molecule has 0 aliphatic carbocycles. The Labute approximate surface area is 196 Å². The van der Waals surface area contributed by atoms with Crippen molar-refractivity contribution < 1.29 is 9.53 Å². The van der Waals surface area contributed by atoms with Gasteiger partial charge >= 0.3 is 0 Å². The van der Waals surface area contributed by atoms with E-state index >= 15 is 0 Å². The van der Waals surface area contributed by atoms with Gasteiger partial charge in [-0.2, -0.15) is 0 Å². The molecule has 0 aromatic heterocycles. The van der Waals surface area contributed by atoms with Crippen LogP contribution in [0.4, 0.5) is 0 Å². The van der Waals surface area contributed by atoms with Crippen LogP contribution < -0.4 is 4.74 Å².